The molecule has 1 unspecified atom stereocenters. The molecule has 0 spiro atoms. The van der Waals surface area contributed by atoms with Gasteiger partial charge in [0.1, 0.15) is 5.75 Å². The fourth-order valence-electron chi connectivity index (χ4n) is 1.87. The molecule has 0 heterocycles. The van der Waals surface area contributed by atoms with E-state index in [1.807, 2.05) is 30.0 Å². The molecule has 0 amide bonds. The van der Waals surface area contributed by atoms with Crippen molar-refractivity contribution in [3.8, 4) is 5.75 Å². The van der Waals surface area contributed by atoms with Gasteiger partial charge in [0.15, 0.2) is 0 Å². The molecule has 118 valence electrons. The SMILES string of the molecule is C=CCSCCNC(C)CCc1ccc(OC(F)F)cc1. The summed E-state index contributed by atoms with van der Waals surface area (Å²) in [4.78, 5) is 0. The highest BCUT2D eigenvalue weighted by atomic mass is 32.2. The van der Waals surface area contributed by atoms with Crippen molar-refractivity contribution >= 4 is 11.8 Å². The third kappa shape index (κ3) is 8.73. The van der Waals surface area contributed by atoms with Gasteiger partial charge >= 0.3 is 6.61 Å². The lowest BCUT2D eigenvalue weighted by atomic mass is 10.1. The molecular weight excluding hydrogens is 292 g/mol. The number of halogens is 2. The van der Waals surface area contributed by atoms with Crippen molar-refractivity contribution in [2.45, 2.75) is 32.4 Å². The molecule has 0 aliphatic heterocycles. The van der Waals surface area contributed by atoms with Crippen LogP contribution in [0.2, 0.25) is 0 Å². The van der Waals surface area contributed by atoms with E-state index in [4.69, 9.17) is 0 Å². The van der Waals surface area contributed by atoms with E-state index in [1.54, 1.807) is 12.1 Å². The number of alkyl halides is 2. The number of nitrogens with one attached hydrogen (secondary N) is 1. The first-order chi connectivity index (χ1) is 10.1. The second-order valence-corrected chi connectivity index (χ2v) is 5.93. The zero-order valence-corrected chi connectivity index (χ0v) is 13.2. The molecule has 1 aromatic rings. The molecule has 0 aliphatic carbocycles. The molecule has 1 aromatic carbocycles. The Morgan fingerprint density at radius 3 is 2.67 bits per heavy atom. The van der Waals surface area contributed by atoms with Gasteiger partial charge in [-0.15, -0.1) is 6.58 Å². The average Bonchev–Trinajstić information content (AvgIpc) is 2.46. The summed E-state index contributed by atoms with van der Waals surface area (Å²) in [6, 6.07) is 7.29. The highest BCUT2D eigenvalue weighted by Crippen LogP contribution is 2.16. The molecule has 1 rings (SSSR count). The van der Waals surface area contributed by atoms with E-state index in [9.17, 15) is 8.78 Å². The minimum Gasteiger partial charge on any atom is -0.435 e. The molecule has 0 radical (unpaired) electrons. The van der Waals surface area contributed by atoms with Crippen molar-refractivity contribution in [2.75, 3.05) is 18.1 Å². The Morgan fingerprint density at radius 1 is 1.33 bits per heavy atom. The minimum atomic E-state index is -2.76. The fraction of sp³-hybridized carbons (Fsp3) is 0.500. The number of aryl methyl sites for hydroxylation is 1. The number of rotatable bonds is 11. The monoisotopic (exact) mass is 315 g/mol. The molecule has 2 nitrogen and oxygen atoms in total. The molecule has 1 atom stereocenters. The molecule has 0 aliphatic rings. The van der Waals surface area contributed by atoms with Gasteiger partial charge < -0.3 is 10.1 Å². The largest absolute Gasteiger partial charge is 0.435 e. The Bertz CT molecular complexity index is 398. The molecule has 0 saturated carbocycles. The Kier molecular flexibility index (Phi) is 9.10. The summed E-state index contributed by atoms with van der Waals surface area (Å²) in [5.74, 6) is 2.28. The maximum Gasteiger partial charge on any atom is 0.387 e. The summed E-state index contributed by atoms with van der Waals surface area (Å²) in [6.45, 7) is 4.07. The maximum absolute atomic E-state index is 12.0. The third-order valence-electron chi connectivity index (χ3n) is 2.99. The van der Waals surface area contributed by atoms with Crippen LogP contribution >= 0.6 is 11.8 Å². The van der Waals surface area contributed by atoms with Crippen molar-refractivity contribution in [3.05, 3.63) is 42.5 Å². The Hall–Kier alpha value is -1.07. The van der Waals surface area contributed by atoms with Crippen LogP contribution < -0.4 is 10.1 Å². The van der Waals surface area contributed by atoms with Gasteiger partial charge in [0.2, 0.25) is 0 Å². The Balaban J connectivity index is 2.20. The van der Waals surface area contributed by atoms with Crippen LogP contribution in [-0.4, -0.2) is 30.7 Å². The molecule has 0 aromatic heterocycles. The lowest BCUT2D eigenvalue weighted by Crippen LogP contribution is -2.28. The molecule has 0 bridgehead atoms. The first-order valence-electron chi connectivity index (χ1n) is 7.07. The van der Waals surface area contributed by atoms with Gasteiger partial charge in [-0.05, 0) is 37.5 Å². The van der Waals surface area contributed by atoms with E-state index in [1.165, 1.54) is 0 Å². The van der Waals surface area contributed by atoms with Crippen molar-refractivity contribution in [1.29, 1.82) is 0 Å². The highest BCUT2D eigenvalue weighted by molar-refractivity contribution is 7.99. The van der Waals surface area contributed by atoms with E-state index >= 15 is 0 Å². The summed E-state index contributed by atoms with van der Waals surface area (Å²) in [5.41, 5.74) is 1.13. The summed E-state index contributed by atoms with van der Waals surface area (Å²) in [5, 5.41) is 3.47. The van der Waals surface area contributed by atoms with Gasteiger partial charge in [0.25, 0.3) is 0 Å². The van der Waals surface area contributed by atoms with E-state index in [0.29, 0.717) is 6.04 Å². The summed E-state index contributed by atoms with van der Waals surface area (Å²) < 4.78 is 28.4. The standard InChI is InChI=1S/C16H23F2NOS/c1-3-11-21-12-10-19-13(2)4-5-14-6-8-15(9-7-14)20-16(17)18/h3,6-9,13,16,19H,1,4-5,10-12H2,2H3. The molecular formula is C16H23F2NOS. The maximum atomic E-state index is 12.0. The van der Waals surface area contributed by atoms with Gasteiger partial charge in [-0.3, -0.25) is 0 Å². The molecule has 5 heteroatoms. The van der Waals surface area contributed by atoms with Crippen LogP contribution in [0, 0.1) is 0 Å². The van der Waals surface area contributed by atoms with E-state index in [-0.39, 0.29) is 5.75 Å². The second-order valence-electron chi connectivity index (χ2n) is 4.78. The predicted molar refractivity (Wildman–Crippen MR) is 86.4 cm³/mol. The van der Waals surface area contributed by atoms with Gasteiger partial charge in [-0.25, -0.2) is 0 Å². The summed E-state index contributed by atoms with van der Waals surface area (Å²) >= 11 is 1.86. The lowest BCUT2D eigenvalue weighted by molar-refractivity contribution is -0.0498. The number of ether oxygens (including phenoxy) is 1. The molecule has 21 heavy (non-hydrogen) atoms. The van der Waals surface area contributed by atoms with Crippen LogP contribution in [0.4, 0.5) is 8.78 Å². The first-order valence-corrected chi connectivity index (χ1v) is 8.23. The van der Waals surface area contributed by atoms with Crippen molar-refractivity contribution in [1.82, 2.24) is 5.32 Å². The topological polar surface area (TPSA) is 21.3 Å². The molecule has 0 saturated heterocycles. The molecule has 1 N–H and O–H groups in total. The highest BCUT2D eigenvalue weighted by Gasteiger charge is 2.05. The number of hydrogen-bond acceptors (Lipinski definition) is 3. The molecule has 0 fully saturated rings. The van der Waals surface area contributed by atoms with E-state index in [0.717, 1.165) is 36.5 Å². The van der Waals surface area contributed by atoms with E-state index < -0.39 is 6.61 Å². The second kappa shape index (κ2) is 10.6. The third-order valence-corrected chi connectivity index (χ3v) is 3.95. The lowest BCUT2D eigenvalue weighted by Gasteiger charge is -2.13. The van der Waals surface area contributed by atoms with Crippen LogP contribution in [0.3, 0.4) is 0 Å². The Morgan fingerprint density at radius 2 is 2.05 bits per heavy atom. The summed E-state index contributed by atoms with van der Waals surface area (Å²) in [6.07, 6.45) is 3.85. The van der Waals surface area contributed by atoms with Crippen LogP contribution in [0.25, 0.3) is 0 Å². The number of thioether (sulfide) groups is 1. The quantitative estimate of drug-likeness (QED) is 0.490. The summed E-state index contributed by atoms with van der Waals surface area (Å²) in [7, 11) is 0. The normalized spacial score (nSPS) is 12.4. The van der Waals surface area contributed by atoms with Crippen LogP contribution in [0.5, 0.6) is 5.75 Å². The van der Waals surface area contributed by atoms with Gasteiger partial charge in [0, 0.05) is 24.1 Å². The number of benzene rings is 1. The minimum absolute atomic E-state index is 0.208. The van der Waals surface area contributed by atoms with Crippen LogP contribution in [0.15, 0.2) is 36.9 Å². The van der Waals surface area contributed by atoms with Gasteiger partial charge in [0.05, 0.1) is 0 Å². The first kappa shape index (κ1) is 18.0. The van der Waals surface area contributed by atoms with Crippen LogP contribution in [0.1, 0.15) is 18.9 Å². The van der Waals surface area contributed by atoms with E-state index in [2.05, 4.69) is 23.6 Å². The van der Waals surface area contributed by atoms with Crippen molar-refractivity contribution in [3.63, 3.8) is 0 Å². The Labute approximate surface area is 130 Å². The van der Waals surface area contributed by atoms with Crippen LogP contribution in [-0.2, 0) is 6.42 Å². The average molecular weight is 315 g/mol. The van der Waals surface area contributed by atoms with Gasteiger partial charge in [-0.2, -0.15) is 20.5 Å². The smallest absolute Gasteiger partial charge is 0.387 e. The fourth-order valence-corrected chi connectivity index (χ4v) is 2.46. The van der Waals surface area contributed by atoms with Crippen molar-refractivity contribution < 1.29 is 13.5 Å². The predicted octanol–water partition coefficient (Wildman–Crippen LogP) is 4.12. The number of hydrogen-bond donors (Lipinski definition) is 1. The zero-order valence-electron chi connectivity index (χ0n) is 12.4. The van der Waals surface area contributed by atoms with Crippen molar-refractivity contribution in [2.24, 2.45) is 0 Å². The zero-order chi connectivity index (χ0) is 15.5. The van der Waals surface area contributed by atoms with Gasteiger partial charge in [-0.1, -0.05) is 18.2 Å².